The molecule has 0 aliphatic heterocycles. The summed E-state index contributed by atoms with van der Waals surface area (Å²) in [5, 5.41) is 0. The summed E-state index contributed by atoms with van der Waals surface area (Å²) < 4.78 is 7.68. The van der Waals surface area contributed by atoms with Crippen molar-refractivity contribution in [2.24, 2.45) is 7.05 Å². The smallest absolute Gasteiger partial charge is 0.146 e. The number of imidazole rings is 1. The largest absolute Gasteiger partial charge is 0.486 e. The van der Waals surface area contributed by atoms with Crippen LogP contribution in [0, 0.1) is 0 Å². The number of benzene rings is 1. The van der Waals surface area contributed by atoms with Crippen LogP contribution in [-0.4, -0.2) is 9.55 Å². The Morgan fingerprint density at radius 1 is 1.28 bits per heavy atom. The third-order valence-corrected chi connectivity index (χ3v) is 3.35. The number of aryl methyl sites for hydroxylation is 1. The lowest BCUT2D eigenvalue weighted by atomic mass is 9.99. The van der Waals surface area contributed by atoms with Crippen molar-refractivity contribution in [1.82, 2.24) is 9.55 Å². The minimum absolute atomic E-state index is 0.506. The number of hydrogen-bond donors (Lipinski definition) is 0. The summed E-state index contributed by atoms with van der Waals surface area (Å²) in [7, 11) is 1.97. The van der Waals surface area contributed by atoms with Crippen LogP contribution in [0.25, 0.3) is 0 Å². The van der Waals surface area contributed by atoms with E-state index in [4.69, 9.17) is 4.74 Å². The van der Waals surface area contributed by atoms with Gasteiger partial charge in [0, 0.05) is 19.4 Å². The van der Waals surface area contributed by atoms with Gasteiger partial charge in [-0.05, 0) is 30.0 Å². The summed E-state index contributed by atoms with van der Waals surface area (Å²) in [4.78, 5) is 4.23. The van der Waals surface area contributed by atoms with Crippen LogP contribution in [0.5, 0.6) is 5.75 Å². The monoisotopic (exact) mass is 244 g/mol. The first-order valence-electron chi connectivity index (χ1n) is 6.39. The van der Waals surface area contributed by atoms with Crippen molar-refractivity contribution in [1.29, 1.82) is 0 Å². The van der Waals surface area contributed by atoms with Crippen LogP contribution >= 0.6 is 0 Å². The minimum atomic E-state index is 0.506. The van der Waals surface area contributed by atoms with E-state index in [1.54, 1.807) is 6.20 Å². The van der Waals surface area contributed by atoms with Gasteiger partial charge in [-0.15, -0.1) is 0 Å². The lowest BCUT2D eigenvalue weighted by molar-refractivity contribution is 0.291. The van der Waals surface area contributed by atoms with Gasteiger partial charge in [-0.3, -0.25) is 0 Å². The fourth-order valence-electron chi connectivity index (χ4n) is 1.81. The van der Waals surface area contributed by atoms with Gasteiger partial charge in [-0.1, -0.05) is 26.0 Å². The van der Waals surface area contributed by atoms with E-state index in [0.717, 1.165) is 18.0 Å². The van der Waals surface area contributed by atoms with Crippen molar-refractivity contribution in [2.75, 3.05) is 0 Å². The van der Waals surface area contributed by atoms with E-state index >= 15 is 0 Å². The molecule has 1 atom stereocenters. The molecule has 0 amide bonds. The molecular formula is C15H20N2O. The number of ether oxygens (including phenoxy) is 1. The van der Waals surface area contributed by atoms with Crippen LogP contribution in [-0.2, 0) is 13.7 Å². The second-order valence-electron chi connectivity index (χ2n) is 4.62. The van der Waals surface area contributed by atoms with E-state index < -0.39 is 0 Å². The van der Waals surface area contributed by atoms with Gasteiger partial charge in [0.25, 0.3) is 0 Å². The van der Waals surface area contributed by atoms with Crippen LogP contribution in [0.1, 0.15) is 37.6 Å². The van der Waals surface area contributed by atoms with Gasteiger partial charge in [0.15, 0.2) is 0 Å². The SMILES string of the molecule is CC[C@H](C)c1ccc(OCc2nccn2C)cc1. The molecule has 0 saturated heterocycles. The third-order valence-electron chi connectivity index (χ3n) is 3.35. The van der Waals surface area contributed by atoms with Crippen molar-refractivity contribution >= 4 is 0 Å². The lowest BCUT2D eigenvalue weighted by Crippen LogP contribution is -2.03. The number of hydrogen-bond acceptors (Lipinski definition) is 2. The molecule has 0 N–H and O–H groups in total. The Morgan fingerprint density at radius 2 is 2.00 bits per heavy atom. The maximum atomic E-state index is 5.72. The molecule has 1 heterocycles. The van der Waals surface area contributed by atoms with Crippen molar-refractivity contribution in [3.8, 4) is 5.75 Å². The molecule has 0 aliphatic rings. The van der Waals surface area contributed by atoms with Crippen molar-refractivity contribution in [3.63, 3.8) is 0 Å². The first kappa shape index (κ1) is 12.7. The highest BCUT2D eigenvalue weighted by Gasteiger charge is 2.04. The molecule has 0 bridgehead atoms. The van der Waals surface area contributed by atoms with Gasteiger partial charge in [0.1, 0.15) is 18.2 Å². The van der Waals surface area contributed by atoms with Gasteiger partial charge >= 0.3 is 0 Å². The van der Waals surface area contributed by atoms with Crippen molar-refractivity contribution < 1.29 is 4.74 Å². The van der Waals surface area contributed by atoms with E-state index in [9.17, 15) is 0 Å². The predicted molar refractivity (Wildman–Crippen MR) is 72.7 cm³/mol. The van der Waals surface area contributed by atoms with E-state index in [1.807, 2.05) is 29.9 Å². The van der Waals surface area contributed by atoms with Crippen LogP contribution in [0.2, 0.25) is 0 Å². The third kappa shape index (κ3) is 2.92. The second kappa shape index (κ2) is 5.71. The Bertz CT molecular complexity index is 487. The molecule has 3 heteroatoms. The van der Waals surface area contributed by atoms with Crippen LogP contribution in [0.3, 0.4) is 0 Å². The quantitative estimate of drug-likeness (QED) is 0.804. The molecule has 2 rings (SSSR count). The summed E-state index contributed by atoms with van der Waals surface area (Å²) in [5.41, 5.74) is 1.36. The van der Waals surface area contributed by atoms with E-state index in [-0.39, 0.29) is 0 Å². The Morgan fingerprint density at radius 3 is 2.56 bits per heavy atom. The molecule has 0 aliphatic carbocycles. The highest BCUT2D eigenvalue weighted by molar-refractivity contribution is 5.29. The van der Waals surface area contributed by atoms with Gasteiger partial charge in [-0.25, -0.2) is 4.98 Å². The molecule has 0 spiro atoms. The first-order valence-corrected chi connectivity index (χ1v) is 6.39. The van der Waals surface area contributed by atoms with Crippen LogP contribution < -0.4 is 4.74 Å². The maximum Gasteiger partial charge on any atom is 0.146 e. The molecule has 3 nitrogen and oxygen atoms in total. The summed E-state index contributed by atoms with van der Waals surface area (Å²) in [6.07, 6.45) is 4.86. The Labute approximate surface area is 108 Å². The lowest BCUT2D eigenvalue weighted by Gasteiger charge is -2.10. The van der Waals surface area contributed by atoms with Gasteiger partial charge in [0.05, 0.1) is 0 Å². The molecule has 0 fully saturated rings. The van der Waals surface area contributed by atoms with Crippen molar-refractivity contribution in [3.05, 3.63) is 48.0 Å². The molecule has 2 aromatic rings. The average Bonchev–Trinajstić information content (AvgIpc) is 2.81. The molecule has 0 saturated carbocycles. The summed E-state index contributed by atoms with van der Waals surface area (Å²) in [6, 6.07) is 8.35. The number of aromatic nitrogens is 2. The minimum Gasteiger partial charge on any atom is -0.486 e. The number of rotatable bonds is 5. The van der Waals surface area contributed by atoms with E-state index in [1.165, 1.54) is 5.56 Å². The summed E-state index contributed by atoms with van der Waals surface area (Å²) in [6.45, 7) is 4.95. The topological polar surface area (TPSA) is 27.1 Å². The zero-order valence-corrected chi connectivity index (χ0v) is 11.3. The molecule has 18 heavy (non-hydrogen) atoms. The molecule has 96 valence electrons. The van der Waals surface area contributed by atoms with Crippen molar-refractivity contribution in [2.45, 2.75) is 32.8 Å². The summed E-state index contributed by atoms with van der Waals surface area (Å²) >= 11 is 0. The Balaban J connectivity index is 1.96. The standard InChI is InChI=1S/C15H20N2O/c1-4-12(2)13-5-7-14(8-6-13)18-11-15-16-9-10-17(15)3/h5-10,12H,4,11H2,1-3H3/t12-/m0/s1. The van der Waals surface area contributed by atoms with E-state index in [0.29, 0.717) is 12.5 Å². The van der Waals surface area contributed by atoms with E-state index in [2.05, 4.69) is 31.0 Å². The molecule has 0 radical (unpaired) electrons. The predicted octanol–water partition coefficient (Wildman–Crippen LogP) is 3.51. The second-order valence-corrected chi connectivity index (χ2v) is 4.62. The normalized spacial score (nSPS) is 12.4. The number of nitrogens with zero attached hydrogens (tertiary/aromatic N) is 2. The molecule has 1 aromatic carbocycles. The molecular weight excluding hydrogens is 224 g/mol. The molecule has 1 aromatic heterocycles. The fraction of sp³-hybridized carbons (Fsp3) is 0.400. The Hall–Kier alpha value is -1.77. The van der Waals surface area contributed by atoms with Gasteiger partial charge < -0.3 is 9.30 Å². The maximum absolute atomic E-state index is 5.72. The highest BCUT2D eigenvalue weighted by Crippen LogP contribution is 2.21. The van der Waals surface area contributed by atoms with Crippen LogP contribution in [0.15, 0.2) is 36.7 Å². The molecule has 0 unspecified atom stereocenters. The Kier molecular flexibility index (Phi) is 4.03. The average molecular weight is 244 g/mol. The fourth-order valence-corrected chi connectivity index (χ4v) is 1.81. The zero-order chi connectivity index (χ0) is 13.0. The zero-order valence-electron chi connectivity index (χ0n) is 11.3. The van der Waals surface area contributed by atoms with Gasteiger partial charge in [0.2, 0.25) is 0 Å². The van der Waals surface area contributed by atoms with Crippen LogP contribution in [0.4, 0.5) is 0 Å². The van der Waals surface area contributed by atoms with Gasteiger partial charge in [-0.2, -0.15) is 0 Å². The highest BCUT2D eigenvalue weighted by atomic mass is 16.5. The summed E-state index contributed by atoms with van der Waals surface area (Å²) in [5.74, 6) is 2.43. The first-order chi connectivity index (χ1) is 8.70.